The highest BCUT2D eigenvalue weighted by molar-refractivity contribution is 6.99. The van der Waals surface area contributed by atoms with Gasteiger partial charge in [0.1, 0.15) is 25.3 Å². The second-order valence-corrected chi connectivity index (χ2v) is 22.8. The number of halogens is 3. The van der Waals surface area contributed by atoms with Crippen molar-refractivity contribution in [1.82, 2.24) is 25.5 Å². The van der Waals surface area contributed by atoms with Gasteiger partial charge in [-0.2, -0.15) is 0 Å². The minimum absolute atomic E-state index is 0.0461. The molecule has 0 aromatic heterocycles. The summed E-state index contributed by atoms with van der Waals surface area (Å²) in [5.74, 6) is -0.829. The van der Waals surface area contributed by atoms with Crippen LogP contribution in [0.4, 0.5) is 4.79 Å². The van der Waals surface area contributed by atoms with Crippen LogP contribution in [0.5, 0.6) is 0 Å². The highest BCUT2D eigenvalue weighted by atomic mass is 35.6. The molecule has 3 aliphatic heterocycles. The van der Waals surface area contributed by atoms with E-state index in [1.807, 2.05) is 119 Å². The standard InChI is InChI=1S/C46H49Cl3N6O6Si/c1-33-52-45-27-17-28-54(45)42(51-41(57)46(47,48)49)50-38(32-61-62(44(2,3)4,36-22-13-7-14-23-36)37-24-15-8-16-25-37)40(45)53(33)29-26-39(56)55(60-31-35-20-11-6-12-21-35)43(58)59-30-34-18-9-5-10-19-34/h5-25,27,38,40,52H,1,26,28-32H2,2-4H3,(H,50,51,57)/t38-,40-,45+/m0/s1. The number of rotatable bonds is 13. The van der Waals surface area contributed by atoms with Gasteiger partial charge in [0.15, 0.2) is 5.66 Å². The number of nitrogens with zero attached hydrogens (tertiary/aromatic N) is 4. The molecule has 2 N–H and O–H groups in total. The Bertz CT molecular complexity index is 2260. The van der Waals surface area contributed by atoms with Gasteiger partial charge >= 0.3 is 6.09 Å². The Balaban J connectivity index is 1.22. The van der Waals surface area contributed by atoms with Gasteiger partial charge in [-0.15, -0.1) is 5.06 Å². The third-order valence-corrected chi connectivity index (χ3v) is 16.7. The third kappa shape index (κ3) is 9.29. The predicted octanol–water partition coefficient (Wildman–Crippen LogP) is 6.79. The lowest BCUT2D eigenvalue weighted by atomic mass is 9.92. The van der Waals surface area contributed by atoms with Crippen LogP contribution in [0.2, 0.25) is 5.04 Å². The SMILES string of the molecule is C=C1N[C@]23C=CCN2C(NC(=O)C(Cl)(Cl)Cl)=N[C@@H](CO[Si](c2ccccc2)(c2ccccc2)C(C)(C)C)[C@@H]3N1CCC(=O)N(OCc1ccccc1)C(=O)OCc1ccccc1. The first kappa shape index (κ1) is 44.9. The Morgan fingerprint density at radius 3 is 1.97 bits per heavy atom. The summed E-state index contributed by atoms with van der Waals surface area (Å²) in [5, 5.41) is 8.79. The Hall–Kier alpha value is -5.15. The second-order valence-electron chi connectivity index (χ2n) is 16.2. The summed E-state index contributed by atoms with van der Waals surface area (Å²) in [6, 6.07) is 37.6. The lowest BCUT2D eigenvalue weighted by Gasteiger charge is -2.49. The number of imide groups is 1. The maximum absolute atomic E-state index is 14.2. The van der Waals surface area contributed by atoms with Crippen molar-refractivity contribution in [2.45, 2.75) is 67.0 Å². The molecular formula is C46H49Cl3N6O6Si. The molecule has 4 aromatic rings. The fourth-order valence-corrected chi connectivity index (χ4v) is 13.2. The highest BCUT2D eigenvalue weighted by Gasteiger charge is 2.61. The average Bonchev–Trinajstić information content (AvgIpc) is 3.81. The Kier molecular flexibility index (Phi) is 13.5. The minimum Gasteiger partial charge on any atom is -0.443 e. The Morgan fingerprint density at radius 1 is 0.871 bits per heavy atom. The van der Waals surface area contributed by atoms with E-state index in [0.717, 1.165) is 21.5 Å². The van der Waals surface area contributed by atoms with Crippen LogP contribution in [0.25, 0.3) is 0 Å². The molecule has 3 heterocycles. The van der Waals surface area contributed by atoms with Gasteiger partial charge in [0.2, 0.25) is 5.96 Å². The van der Waals surface area contributed by atoms with E-state index in [9.17, 15) is 14.4 Å². The lowest BCUT2D eigenvalue weighted by Crippen LogP contribution is -2.71. The number of alkyl halides is 3. The number of amides is 3. The van der Waals surface area contributed by atoms with Crippen molar-refractivity contribution < 1.29 is 28.4 Å². The number of hydroxylamine groups is 2. The number of benzene rings is 4. The van der Waals surface area contributed by atoms with Gasteiger partial charge in [0.05, 0.1) is 12.4 Å². The van der Waals surface area contributed by atoms with E-state index >= 15 is 0 Å². The van der Waals surface area contributed by atoms with Crippen molar-refractivity contribution in [1.29, 1.82) is 0 Å². The van der Waals surface area contributed by atoms with Crippen molar-refractivity contribution in [2.24, 2.45) is 4.99 Å². The smallest absolute Gasteiger partial charge is 0.441 e. The summed E-state index contributed by atoms with van der Waals surface area (Å²) in [7, 11) is -3.11. The maximum atomic E-state index is 14.2. The summed E-state index contributed by atoms with van der Waals surface area (Å²) < 4.78 is 10.8. The Labute approximate surface area is 378 Å². The van der Waals surface area contributed by atoms with Gasteiger partial charge < -0.3 is 24.3 Å². The first-order valence-electron chi connectivity index (χ1n) is 20.2. The molecule has 1 saturated heterocycles. The molecule has 1 spiro atoms. The molecule has 4 aromatic carbocycles. The number of carbonyl (C=O) groups is 3. The molecule has 3 aliphatic rings. The zero-order valence-corrected chi connectivity index (χ0v) is 37.9. The number of hydrogen-bond donors (Lipinski definition) is 2. The fraction of sp³-hybridized carbons (Fsp3) is 0.304. The van der Waals surface area contributed by atoms with Crippen molar-refractivity contribution >= 4 is 77.4 Å². The number of aliphatic imine (C=N–C) groups is 1. The van der Waals surface area contributed by atoms with Crippen LogP contribution >= 0.6 is 34.8 Å². The van der Waals surface area contributed by atoms with E-state index in [-0.39, 0.29) is 43.8 Å². The lowest BCUT2D eigenvalue weighted by molar-refractivity contribution is -0.179. The van der Waals surface area contributed by atoms with E-state index in [1.54, 1.807) is 0 Å². The van der Waals surface area contributed by atoms with Gasteiger partial charge in [-0.05, 0) is 32.6 Å². The van der Waals surface area contributed by atoms with E-state index in [2.05, 4.69) is 62.2 Å². The van der Waals surface area contributed by atoms with Crippen LogP contribution in [-0.4, -0.2) is 88.3 Å². The summed E-state index contributed by atoms with van der Waals surface area (Å²) >= 11 is 18.2. The zero-order valence-electron chi connectivity index (χ0n) is 34.7. The van der Waals surface area contributed by atoms with Gasteiger partial charge in [0, 0.05) is 19.5 Å². The number of carbonyl (C=O) groups excluding carboxylic acids is 3. The molecule has 3 atom stereocenters. The van der Waals surface area contributed by atoms with E-state index < -0.39 is 47.8 Å². The largest absolute Gasteiger partial charge is 0.443 e. The number of nitrogens with one attached hydrogen (secondary N) is 2. The topological polar surface area (TPSA) is 125 Å². The number of hydrogen-bond acceptors (Lipinski definition) is 10. The molecule has 16 heteroatoms. The van der Waals surface area contributed by atoms with Gasteiger partial charge in [-0.1, -0.05) is 190 Å². The van der Waals surface area contributed by atoms with Crippen LogP contribution in [0, 0.1) is 0 Å². The highest BCUT2D eigenvalue weighted by Crippen LogP contribution is 2.43. The predicted molar refractivity (Wildman–Crippen MR) is 244 cm³/mol. The summed E-state index contributed by atoms with van der Waals surface area (Å²) in [6.07, 6.45) is 2.83. The number of ether oxygens (including phenoxy) is 1. The van der Waals surface area contributed by atoms with Crippen LogP contribution in [0.1, 0.15) is 38.3 Å². The molecule has 1 fully saturated rings. The Morgan fingerprint density at radius 2 is 1.42 bits per heavy atom. The quantitative estimate of drug-likeness (QED) is 0.0647. The summed E-state index contributed by atoms with van der Waals surface area (Å²) in [6.45, 7) is 11.4. The van der Waals surface area contributed by atoms with Crippen LogP contribution in [0.3, 0.4) is 0 Å². The first-order valence-corrected chi connectivity index (χ1v) is 23.3. The molecule has 0 bridgehead atoms. The molecule has 7 rings (SSSR count). The van der Waals surface area contributed by atoms with Gasteiger partial charge in [-0.3, -0.25) is 19.7 Å². The van der Waals surface area contributed by atoms with E-state index in [1.165, 1.54) is 0 Å². The van der Waals surface area contributed by atoms with Crippen molar-refractivity contribution in [2.75, 3.05) is 19.7 Å². The van der Waals surface area contributed by atoms with Crippen LogP contribution in [-0.2, 0) is 36.8 Å². The summed E-state index contributed by atoms with van der Waals surface area (Å²) in [5.41, 5.74) is 0.494. The molecule has 0 unspecified atom stereocenters. The van der Waals surface area contributed by atoms with E-state index in [0.29, 0.717) is 17.4 Å². The molecule has 0 saturated carbocycles. The molecule has 12 nitrogen and oxygen atoms in total. The third-order valence-electron chi connectivity index (χ3n) is 11.2. The number of guanidine groups is 1. The van der Waals surface area contributed by atoms with Gasteiger partial charge in [-0.25, -0.2) is 9.79 Å². The maximum Gasteiger partial charge on any atom is 0.441 e. The first-order chi connectivity index (χ1) is 29.6. The molecule has 3 amide bonds. The normalized spacial score (nSPS) is 19.6. The molecule has 62 heavy (non-hydrogen) atoms. The molecule has 0 radical (unpaired) electrons. The molecule has 0 aliphatic carbocycles. The average molecular weight is 916 g/mol. The molecule has 324 valence electrons. The van der Waals surface area contributed by atoms with Crippen LogP contribution in [0.15, 0.2) is 151 Å². The molecular weight excluding hydrogens is 867 g/mol. The van der Waals surface area contributed by atoms with Crippen molar-refractivity contribution in [3.63, 3.8) is 0 Å². The summed E-state index contributed by atoms with van der Waals surface area (Å²) in [4.78, 5) is 55.8. The monoisotopic (exact) mass is 914 g/mol. The van der Waals surface area contributed by atoms with E-state index in [4.69, 9.17) is 53.8 Å². The fourth-order valence-electron chi connectivity index (χ4n) is 8.47. The van der Waals surface area contributed by atoms with Gasteiger partial charge in [0.25, 0.3) is 23.9 Å². The van der Waals surface area contributed by atoms with Crippen molar-refractivity contribution in [3.05, 3.63) is 157 Å². The second kappa shape index (κ2) is 18.7. The zero-order chi connectivity index (χ0) is 44.1. The van der Waals surface area contributed by atoms with Crippen LogP contribution < -0.4 is 21.0 Å². The minimum atomic E-state index is -3.11. The van der Waals surface area contributed by atoms with Crippen molar-refractivity contribution in [3.8, 4) is 0 Å².